The third-order valence-corrected chi connectivity index (χ3v) is 3.64. The Morgan fingerprint density at radius 3 is 2.44 bits per heavy atom. The first-order valence-electron chi connectivity index (χ1n) is 4.72. The van der Waals surface area contributed by atoms with Gasteiger partial charge < -0.3 is 4.98 Å². The van der Waals surface area contributed by atoms with Crippen LogP contribution in [0.3, 0.4) is 0 Å². The number of hydrogen-bond donors (Lipinski definition) is 1. The molecule has 2 rings (SSSR count). The monoisotopic (exact) mass is 319 g/mol. The molecule has 18 heavy (non-hydrogen) atoms. The number of benzene rings is 1. The van der Waals surface area contributed by atoms with Gasteiger partial charge in [0.05, 0.1) is 11.6 Å². The van der Waals surface area contributed by atoms with Crippen LogP contribution in [0.15, 0.2) is 29.4 Å². The zero-order valence-electron chi connectivity index (χ0n) is 8.98. The summed E-state index contributed by atoms with van der Waals surface area (Å²) in [5, 5.41) is 10.00. The molecule has 0 aliphatic carbocycles. The Bertz CT molecular complexity index is 540. The summed E-state index contributed by atoms with van der Waals surface area (Å²) < 4.78 is 0. The summed E-state index contributed by atoms with van der Waals surface area (Å²) in [7, 11) is 0. The van der Waals surface area contributed by atoms with E-state index in [2.05, 4.69) is 16.0 Å². The van der Waals surface area contributed by atoms with E-state index < -0.39 is 0 Å². The molecule has 0 saturated carbocycles. The van der Waals surface area contributed by atoms with Gasteiger partial charge in [-0.3, -0.25) is 0 Å². The molecule has 0 amide bonds. The van der Waals surface area contributed by atoms with Crippen LogP contribution in [0.2, 0.25) is 10.3 Å². The Balaban J connectivity index is 0.00000162. The van der Waals surface area contributed by atoms with Crippen LogP contribution in [0, 0.1) is 11.3 Å². The van der Waals surface area contributed by atoms with E-state index in [0.29, 0.717) is 15.9 Å². The summed E-state index contributed by atoms with van der Waals surface area (Å²) in [6, 6.07) is 9.49. The minimum absolute atomic E-state index is 0. The number of H-pyrrole nitrogens is 1. The van der Waals surface area contributed by atoms with Crippen LogP contribution in [0.4, 0.5) is 0 Å². The van der Waals surface area contributed by atoms with Crippen LogP contribution in [0.25, 0.3) is 0 Å². The number of hydrogen-bond acceptors (Lipinski definition) is 3. The van der Waals surface area contributed by atoms with Gasteiger partial charge in [0, 0.05) is 5.75 Å². The smallest absolute Gasteiger partial charge is 0.168 e. The molecule has 1 N–H and O–H groups in total. The lowest BCUT2D eigenvalue weighted by atomic mass is 10.2. The second-order valence-electron chi connectivity index (χ2n) is 3.24. The molecule has 1 aromatic heterocycles. The van der Waals surface area contributed by atoms with Crippen molar-refractivity contribution in [2.24, 2.45) is 0 Å². The molecule has 0 radical (unpaired) electrons. The van der Waals surface area contributed by atoms with Gasteiger partial charge in [0.2, 0.25) is 0 Å². The number of aromatic nitrogens is 2. The largest absolute Gasteiger partial charge is 0.323 e. The second-order valence-corrected chi connectivity index (χ2v) is 4.94. The SMILES string of the molecule is Cl.N#Cc1ccc(CSc2nc(Cl)c(Cl)[nH]2)cc1. The van der Waals surface area contributed by atoms with Gasteiger partial charge in [-0.05, 0) is 17.7 Å². The molecule has 94 valence electrons. The van der Waals surface area contributed by atoms with Gasteiger partial charge in [-0.25, -0.2) is 4.98 Å². The molecule has 3 nitrogen and oxygen atoms in total. The van der Waals surface area contributed by atoms with Crippen LogP contribution in [0.5, 0.6) is 0 Å². The van der Waals surface area contributed by atoms with Crippen LogP contribution in [-0.2, 0) is 5.75 Å². The lowest BCUT2D eigenvalue weighted by molar-refractivity contribution is 1.06. The summed E-state index contributed by atoms with van der Waals surface area (Å²) in [5.74, 6) is 0.742. The minimum atomic E-state index is 0. The lowest BCUT2D eigenvalue weighted by Crippen LogP contribution is -1.82. The van der Waals surface area contributed by atoms with Gasteiger partial charge >= 0.3 is 0 Å². The maximum atomic E-state index is 8.67. The molecule has 0 atom stereocenters. The zero-order valence-corrected chi connectivity index (χ0v) is 12.1. The lowest BCUT2D eigenvalue weighted by Gasteiger charge is -1.98. The van der Waals surface area contributed by atoms with E-state index in [-0.39, 0.29) is 17.6 Å². The molecule has 2 aromatic rings. The maximum Gasteiger partial charge on any atom is 0.168 e. The third-order valence-electron chi connectivity index (χ3n) is 2.06. The first-order chi connectivity index (χ1) is 8.19. The average Bonchev–Trinajstić information content (AvgIpc) is 2.67. The van der Waals surface area contributed by atoms with Crippen molar-refractivity contribution < 1.29 is 0 Å². The Kier molecular flexibility index (Phi) is 5.83. The highest BCUT2D eigenvalue weighted by molar-refractivity contribution is 7.98. The van der Waals surface area contributed by atoms with E-state index in [4.69, 9.17) is 28.5 Å². The van der Waals surface area contributed by atoms with Crippen molar-refractivity contribution in [3.63, 3.8) is 0 Å². The van der Waals surface area contributed by atoms with E-state index in [1.807, 2.05) is 12.1 Å². The molecule has 0 saturated heterocycles. The molecular formula is C11H8Cl3N3S. The fraction of sp³-hybridized carbons (Fsp3) is 0.0909. The molecule has 1 aromatic carbocycles. The number of nitrogens with zero attached hydrogens (tertiary/aromatic N) is 2. The van der Waals surface area contributed by atoms with Crippen molar-refractivity contribution in [2.45, 2.75) is 10.9 Å². The molecule has 0 spiro atoms. The first kappa shape index (κ1) is 15.2. The summed E-state index contributed by atoms with van der Waals surface area (Å²) in [6.45, 7) is 0. The van der Waals surface area contributed by atoms with Gasteiger partial charge in [0.1, 0.15) is 5.15 Å². The predicted octanol–water partition coefficient (Wildman–Crippen LogP) is 4.30. The van der Waals surface area contributed by atoms with Gasteiger partial charge in [0.25, 0.3) is 0 Å². The molecule has 0 fully saturated rings. The average molecular weight is 321 g/mol. The van der Waals surface area contributed by atoms with Gasteiger partial charge in [0.15, 0.2) is 10.3 Å². The third kappa shape index (κ3) is 3.82. The maximum absolute atomic E-state index is 8.67. The van der Waals surface area contributed by atoms with Crippen LogP contribution in [0.1, 0.15) is 11.1 Å². The standard InChI is InChI=1S/C11H7Cl2N3S.ClH/c12-9-10(13)16-11(15-9)17-6-8-3-1-7(5-14)2-4-8;/h1-4H,6H2,(H,15,16);1H. The van der Waals surface area contributed by atoms with Gasteiger partial charge in [-0.15, -0.1) is 12.4 Å². The second kappa shape index (κ2) is 6.91. The number of nitrogens with one attached hydrogen (secondary N) is 1. The highest BCUT2D eigenvalue weighted by atomic mass is 35.5. The number of thioether (sulfide) groups is 1. The van der Waals surface area contributed by atoms with E-state index in [1.165, 1.54) is 11.8 Å². The number of halogens is 3. The van der Waals surface area contributed by atoms with Gasteiger partial charge in [-0.2, -0.15) is 5.26 Å². The molecule has 0 bridgehead atoms. The Labute approximate surface area is 125 Å². The van der Waals surface area contributed by atoms with Crippen molar-refractivity contribution in [3.05, 3.63) is 45.7 Å². The van der Waals surface area contributed by atoms with Crippen molar-refractivity contribution in [1.82, 2.24) is 9.97 Å². The zero-order chi connectivity index (χ0) is 12.3. The molecule has 0 unspecified atom stereocenters. The van der Waals surface area contributed by atoms with Crippen molar-refractivity contribution in [3.8, 4) is 6.07 Å². The van der Waals surface area contributed by atoms with Crippen molar-refractivity contribution in [2.75, 3.05) is 0 Å². The number of rotatable bonds is 3. The fourth-order valence-electron chi connectivity index (χ4n) is 1.21. The Morgan fingerprint density at radius 1 is 1.28 bits per heavy atom. The highest BCUT2D eigenvalue weighted by Crippen LogP contribution is 2.26. The summed E-state index contributed by atoms with van der Waals surface area (Å²) in [5.41, 5.74) is 1.76. The molecule has 1 heterocycles. The molecule has 0 aliphatic heterocycles. The van der Waals surface area contributed by atoms with E-state index in [0.717, 1.165) is 11.3 Å². The number of nitriles is 1. The first-order valence-corrected chi connectivity index (χ1v) is 6.46. The van der Waals surface area contributed by atoms with E-state index >= 15 is 0 Å². The number of imidazole rings is 1. The molecule has 7 heteroatoms. The van der Waals surface area contributed by atoms with Gasteiger partial charge in [-0.1, -0.05) is 47.1 Å². The van der Waals surface area contributed by atoms with Crippen molar-refractivity contribution in [1.29, 1.82) is 5.26 Å². The van der Waals surface area contributed by atoms with Crippen LogP contribution in [-0.4, -0.2) is 9.97 Å². The topological polar surface area (TPSA) is 52.5 Å². The van der Waals surface area contributed by atoms with Crippen molar-refractivity contribution >= 4 is 47.4 Å². The van der Waals surface area contributed by atoms with Crippen LogP contribution < -0.4 is 0 Å². The Morgan fingerprint density at radius 2 is 1.94 bits per heavy atom. The summed E-state index contributed by atoms with van der Waals surface area (Å²) in [4.78, 5) is 6.92. The normalized spacial score (nSPS) is 9.61. The summed E-state index contributed by atoms with van der Waals surface area (Å²) >= 11 is 13.0. The molecular weight excluding hydrogens is 313 g/mol. The predicted molar refractivity (Wildman–Crippen MR) is 76.6 cm³/mol. The van der Waals surface area contributed by atoms with E-state index in [1.54, 1.807) is 12.1 Å². The fourth-order valence-corrected chi connectivity index (χ4v) is 2.40. The quantitative estimate of drug-likeness (QED) is 0.858. The van der Waals surface area contributed by atoms with E-state index in [9.17, 15) is 0 Å². The summed E-state index contributed by atoms with van der Waals surface area (Å²) in [6.07, 6.45) is 0. The Hall–Kier alpha value is -0.860. The molecule has 0 aliphatic rings. The minimum Gasteiger partial charge on any atom is -0.323 e. The number of aromatic amines is 1. The highest BCUT2D eigenvalue weighted by Gasteiger charge is 2.06. The van der Waals surface area contributed by atoms with Crippen LogP contribution >= 0.6 is 47.4 Å².